The summed E-state index contributed by atoms with van der Waals surface area (Å²) in [6.45, 7) is 0. The zero-order valence-corrected chi connectivity index (χ0v) is 11.2. The minimum absolute atomic E-state index is 0.0314. The molecule has 0 spiro atoms. The van der Waals surface area contributed by atoms with Crippen LogP contribution in [0.15, 0.2) is 66.3 Å². The molecule has 1 aromatic carbocycles. The van der Waals surface area contributed by atoms with Gasteiger partial charge in [0.1, 0.15) is 0 Å². The Labute approximate surface area is 116 Å². The average molecular weight is 288 g/mol. The molecule has 102 valence electrons. The second-order valence-electron chi connectivity index (χ2n) is 4.16. The van der Waals surface area contributed by atoms with Crippen molar-refractivity contribution in [1.82, 2.24) is 14.5 Å². The third-order valence-electron chi connectivity index (χ3n) is 2.76. The Balaban J connectivity index is 1.91. The van der Waals surface area contributed by atoms with Crippen molar-refractivity contribution in [2.75, 3.05) is 4.72 Å². The second-order valence-corrected chi connectivity index (χ2v) is 5.81. The van der Waals surface area contributed by atoms with Crippen molar-refractivity contribution in [1.29, 1.82) is 0 Å². The van der Waals surface area contributed by atoms with Gasteiger partial charge in [0.05, 0.1) is 18.2 Å². The van der Waals surface area contributed by atoms with E-state index >= 15 is 0 Å². The van der Waals surface area contributed by atoms with Crippen LogP contribution < -0.4 is 4.72 Å². The second kappa shape index (κ2) is 4.86. The Morgan fingerprint density at radius 3 is 2.65 bits per heavy atom. The van der Waals surface area contributed by atoms with E-state index in [2.05, 4.69) is 14.7 Å². The number of benzene rings is 1. The first-order chi connectivity index (χ1) is 9.65. The number of aromatic nitrogens is 3. The van der Waals surface area contributed by atoms with Crippen molar-refractivity contribution in [2.45, 2.75) is 5.03 Å². The van der Waals surface area contributed by atoms with E-state index in [4.69, 9.17) is 0 Å². The van der Waals surface area contributed by atoms with Crippen LogP contribution in [-0.2, 0) is 10.0 Å². The van der Waals surface area contributed by atoms with E-state index in [1.54, 1.807) is 18.2 Å². The summed E-state index contributed by atoms with van der Waals surface area (Å²) < 4.78 is 28.6. The molecule has 0 radical (unpaired) electrons. The Kier molecular flexibility index (Phi) is 3.03. The van der Waals surface area contributed by atoms with E-state index in [0.29, 0.717) is 5.69 Å². The highest BCUT2D eigenvalue weighted by atomic mass is 32.2. The van der Waals surface area contributed by atoms with Crippen LogP contribution in [0.5, 0.6) is 0 Å². The zero-order chi connectivity index (χ0) is 14.0. The quantitative estimate of drug-likeness (QED) is 0.770. The molecule has 6 nitrogen and oxygen atoms in total. The van der Waals surface area contributed by atoms with Gasteiger partial charge in [-0.3, -0.25) is 4.72 Å². The van der Waals surface area contributed by atoms with E-state index in [0.717, 1.165) is 5.69 Å². The third kappa shape index (κ3) is 2.43. The van der Waals surface area contributed by atoms with Crippen LogP contribution >= 0.6 is 0 Å². The standard InChI is InChI=1S/C13H12N4O2S/c18-20(19,13-9-14-10-15-13)16-11-4-3-5-12(8-11)17-6-1-2-7-17/h1-10,16H,(H,14,15). The molecular weight excluding hydrogens is 276 g/mol. The Morgan fingerprint density at radius 1 is 1.15 bits per heavy atom. The van der Waals surface area contributed by atoms with Crippen LogP contribution in [0.4, 0.5) is 5.69 Å². The Hall–Kier alpha value is -2.54. The topological polar surface area (TPSA) is 79.8 Å². The number of aromatic amines is 1. The molecule has 0 bridgehead atoms. The fourth-order valence-electron chi connectivity index (χ4n) is 1.84. The van der Waals surface area contributed by atoms with E-state index in [1.807, 2.05) is 35.2 Å². The van der Waals surface area contributed by atoms with Gasteiger partial charge in [0.15, 0.2) is 5.03 Å². The number of imidazole rings is 1. The number of hydrogen-bond donors (Lipinski definition) is 2. The minimum Gasteiger partial charge on any atom is -0.334 e. The molecule has 0 amide bonds. The third-order valence-corrected chi connectivity index (χ3v) is 4.07. The van der Waals surface area contributed by atoms with E-state index in [-0.39, 0.29) is 5.03 Å². The van der Waals surface area contributed by atoms with Crippen molar-refractivity contribution in [3.63, 3.8) is 0 Å². The number of H-pyrrole nitrogens is 1. The summed E-state index contributed by atoms with van der Waals surface area (Å²) >= 11 is 0. The lowest BCUT2D eigenvalue weighted by Gasteiger charge is -2.08. The highest BCUT2D eigenvalue weighted by molar-refractivity contribution is 7.92. The van der Waals surface area contributed by atoms with Gasteiger partial charge in [0.2, 0.25) is 0 Å². The van der Waals surface area contributed by atoms with Crippen molar-refractivity contribution < 1.29 is 8.42 Å². The van der Waals surface area contributed by atoms with Crippen LogP contribution in [-0.4, -0.2) is 23.0 Å². The SMILES string of the molecule is O=S(=O)(Nc1cccc(-n2cccc2)c1)c1cnc[nH]1. The van der Waals surface area contributed by atoms with Gasteiger partial charge in [0, 0.05) is 18.1 Å². The fourth-order valence-corrected chi connectivity index (χ4v) is 2.79. The molecule has 2 heterocycles. The van der Waals surface area contributed by atoms with Crippen LogP contribution in [0, 0.1) is 0 Å². The summed E-state index contributed by atoms with van der Waals surface area (Å²) in [6, 6.07) is 11.0. The molecule has 2 aromatic heterocycles. The molecule has 0 saturated carbocycles. The molecule has 0 fully saturated rings. The van der Waals surface area contributed by atoms with Gasteiger partial charge in [-0.1, -0.05) is 6.07 Å². The summed E-state index contributed by atoms with van der Waals surface area (Å²) in [5.41, 5.74) is 1.37. The lowest BCUT2D eigenvalue weighted by atomic mass is 10.3. The number of nitrogens with one attached hydrogen (secondary N) is 2. The molecule has 20 heavy (non-hydrogen) atoms. The van der Waals surface area contributed by atoms with Crippen LogP contribution in [0.1, 0.15) is 0 Å². The Bertz CT molecular complexity index is 793. The van der Waals surface area contributed by atoms with Gasteiger partial charge in [-0.25, -0.2) is 4.98 Å². The molecule has 0 aliphatic carbocycles. The highest BCUT2D eigenvalue weighted by Crippen LogP contribution is 2.18. The summed E-state index contributed by atoms with van der Waals surface area (Å²) in [5.74, 6) is 0. The smallest absolute Gasteiger partial charge is 0.278 e. The number of sulfonamides is 1. The first kappa shape index (κ1) is 12.5. The van der Waals surface area contributed by atoms with Gasteiger partial charge >= 0.3 is 0 Å². The van der Waals surface area contributed by atoms with E-state index in [9.17, 15) is 8.42 Å². The summed E-state index contributed by atoms with van der Waals surface area (Å²) in [4.78, 5) is 6.28. The maximum absolute atomic E-state index is 12.1. The van der Waals surface area contributed by atoms with Gasteiger partial charge in [-0.2, -0.15) is 8.42 Å². The van der Waals surface area contributed by atoms with Crippen molar-refractivity contribution in [3.8, 4) is 5.69 Å². The predicted molar refractivity (Wildman–Crippen MR) is 75.2 cm³/mol. The van der Waals surface area contributed by atoms with Crippen LogP contribution in [0.2, 0.25) is 0 Å². The molecule has 3 aromatic rings. The number of rotatable bonds is 4. The lowest BCUT2D eigenvalue weighted by Crippen LogP contribution is -2.13. The van der Waals surface area contributed by atoms with Gasteiger partial charge in [-0.15, -0.1) is 0 Å². The molecule has 3 rings (SSSR count). The molecule has 7 heteroatoms. The normalized spacial score (nSPS) is 11.4. The summed E-state index contributed by atoms with van der Waals surface area (Å²) in [5, 5.41) is 0.0314. The lowest BCUT2D eigenvalue weighted by molar-refractivity contribution is 0.598. The Morgan fingerprint density at radius 2 is 1.95 bits per heavy atom. The van der Waals surface area contributed by atoms with Crippen LogP contribution in [0.3, 0.4) is 0 Å². The monoisotopic (exact) mass is 288 g/mol. The van der Waals surface area contributed by atoms with Crippen molar-refractivity contribution >= 4 is 15.7 Å². The minimum atomic E-state index is -3.63. The van der Waals surface area contributed by atoms with E-state index < -0.39 is 10.0 Å². The van der Waals surface area contributed by atoms with E-state index in [1.165, 1.54) is 12.5 Å². The van der Waals surface area contributed by atoms with Gasteiger partial charge in [0.25, 0.3) is 10.0 Å². The molecule has 2 N–H and O–H groups in total. The zero-order valence-electron chi connectivity index (χ0n) is 10.4. The maximum atomic E-state index is 12.1. The van der Waals surface area contributed by atoms with Gasteiger partial charge < -0.3 is 9.55 Å². The maximum Gasteiger partial charge on any atom is 0.278 e. The largest absolute Gasteiger partial charge is 0.334 e. The van der Waals surface area contributed by atoms with Crippen LogP contribution in [0.25, 0.3) is 5.69 Å². The summed E-state index contributed by atoms with van der Waals surface area (Å²) in [6.07, 6.45) is 6.37. The molecule has 0 atom stereocenters. The molecule has 0 aliphatic heterocycles. The fraction of sp³-hybridized carbons (Fsp3) is 0. The van der Waals surface area contributed by atoms with Gasteiger partial charge in [-0.05, 0) is 30.3 Å². The van der Waals surface area contributed by atoms with Crippen molar-refractivity contribution in [2.24, 2.45) is 0 Å². The molecular formula is C13H12N4O2S. The molecule has 0 saturated heterocycles. The number of hydrogen-bond acceptors (Lipinski definition) is 3. The number of anilines is 1. The first-order valence-corrected chi connectivity index (χ1v) is 7.38. The molecule has 0 unspecified atom stereocenters. The summed E-state index contributed by atoms with van der Waals surface area (Å²) in [7, 11) is -3.63. The highest BCUT2D eigenvalue weighted by Gasteiger charge is 2.15. The first-order valence-electron chi connectivity index (χ1n) is 5.90. The van der Waals surface area contributed by atoms with Crippen molar-refractivity contribution in [3.05, 3.63) is 61.3 Å². The number of nitrogens with zero attached hydrogens (tertiary/aromatic N) is 2. The molecule has 0 aliphatic rings. The average Bonchev–Trinajstić information content (AvgIpc) is 3.12. The predicted octanol–water partition coefficient (Wildman–Crippen LogP) is 2.00.